The topological polar surface area (TPSA) is 0 Å². The van der Waals surface area contributed by atoms with E-state index in [1.54, 1.807) is 0 Å². The molecule has 0 aliphatic rings. The van der Waals surface area contributed by atoms with Crippen LogP contribution < -0.4 is 0 Å². The summed E-state index contributed by atoms with van der Waals surface area (Å²) in [5.41, 5.74) is 1.01. The lowest BCUT2D eigenvalue weighted by Gasteiger charge is -1.97. The zero-order chi connectivity index (χ0) is 5.70. The van der Waals surface area contributed by atoms with Crippen LogP contribution in [-0.4, -0.2) is 14.8 Å². The highest BCUT2D eigenvalue weighted by Gasteiger charge is 1.90. The van der Waals surface area contributed by atoms with Crippen LogP contribution >= 0.6 is 15.9 Å². The van der Waals surface area contributed by atoms with Gasteiger partial charge in [-0.05, 0) is 0 Å². The Bertz CT molecular complexity index is 37.1. The van der Waals surface area contributed by atoms with Gasteiger partial charge in [0.15, 0.2) is 0 Å². The van der Waals surface area contributed by atoms with Gasteiger partial charge in [-0.3, -0.25) is 0 Å². The second kappa shape index (κ2) is 4.85. The molecule has 2 heteroatoms. The van der Waals surface area contributed by atoms with E-state index in [-0.39, 0.29) is 0 Å². The molecular weight excluding hydrogens is 168 g/mol. The minimum atomic E-state index is 0.299. The molecule has 0 aromatic rings. The number of rotatable bonds is 3. The van der Waals surface area contributed by atoms with Crippen molar-refractivity contribution >= 4 is 25.4 Å². The van der Waals surface area contributed by atoms with E-state index in [0.717, 1.165) is 5.54 Å². The van der Waals surface area contributed by atoms with Crippen LogP contribution in [0.25, 0.3) is 0 Å². The van der Waals surface area contributed by atoms with E-state index in [0.29, 0.717) is 9.52 Å². The molecule has 0 aliphatic carbocycles. The summed E-state index contributed by atoms with van der Waals surface area (Å²) < 4.78 is 0. The molecule has 0 heterocycles. The van der Waals surface area contributed by atoms with Crippen LogP contribution in [0.5, 0.6) is 0 Å². The van der Waals surface area contributed by atoms with Crippen molar-refractivity contribution < 1.29 is 0 Å². The lowest BCUT2D eigenvalue weighted by molar-refractivity contribution is 1.05. The maximum absolute atomic E-state index is 3.41. The fourth-order valence-electron chi connectivity index (χ4n) is 0.485. The van der Waals surface area contributed by atoms with Crippen molar-refractivity contribution in [2.75, 3.05) is 5.33 Å². The molecular formula is C5H13BrSi. The third-order valence-electron chi connectivity index (χ3n) is 0.915. The van der Waals surface area contributed by atoms with Gasteiger partial charge < -0.3 is 0 Å². The summed E-state index contributed by atoms with van der Waals surface area (Å²) in [6.45, 7) is 4.63. The largest absolute Gasteiger partial charge is 0.0931 e. The Labute approximate surface area is 56.6 Å². The standard InChI is InChI=1S/C5H13BrSi/c1-5(2)7-4-3-6/h5H,3-4,7H2,1-2H3. The molecule has 7 heavy (non-hydrogen) atoms. The summed E-state index contributed by atoms with van der Waals surface area (Å²) in [6, 6.07) is 1.46. The van der Waals surface area contributed by atoms with E-state index >= 15 is 0 Å². The Morgan fingerprint density at radius 2 is 2.14 bits per heavy atom. The Morgan fingerprint density at radius 3 is 2.29 bits per heavy atom. The average molecular weight is 181 g/mol. The van der Waals surface area contributed by atoms with Crippen molar-refractivity contribution in [2.45, 2.75) is 25.4 Å². The van der Waals surface area contributed by atoms with Gasteiger partial charge in [0, 0.05) is 14.8 Å². The fourth-order valence-corrected chi connectivity index (χ4v) is 2.43. The smallest absolute Gasteiger partial charge is 0.0233 e. The third kappa shape index (κ3) is 6.70. The molecule has 0 saturated carbocycles. The highest BCUT2D eigenvalue weighted by Crippen LogP contribution is 2.00. The van der Waals surface area contributed by atoms with E-state index in [1.165, 1.54) is 11.4 Å². The molecule has 0 atom stereocenters. The number of alkyl halides is 1. The van der Waals surface area contributed by atoms with Crippen LogP contribution in [0.15, 0.2) is 0 Å². The van der Waals surface area contributed by atoms with Gasteiger partial charge in [0.05, 0.1) is 0 Å². The predicted octanol–water partition coefficient (Wildman–Crippen LogP) is 1.80. The lowest BCUT2D eigenvalue weighted by Crippen LogP contribution is -1.93. The molecule has 0 nitrogen and oxygen atoms in total. The molecule has 0 saturated heterocycles. The molecule has 0 aromatic heterocycles. The molecule has 0 spiro atoms. The first-order chi connectivity index (χ1) is 3.27. The second-order valence-electron chi connectivity index (χ2n) is 2.23. The third-order valence-corrected chi connectivity index (χ3v) is 4.43. The molecule has 0 aliphatic heterocycles. The van der Waals surface area contributed by atoms with Crippen LogP contribution in [0.1, 0.15) is 13.8 Å². The maximum atomic E-state index is 3.41. The molecule has 0 N–H and O–H groups in total. The van der Waals surface area contributed by atoms with Gasteiger partial charge in [-0.15, -0.1) is 0 Å². The zero-order valence-corrected chi connectivity index (χ0v) is 8.08. The van der Waals surface area contributed by atoms with Gasteiger partial charge in [-0.1, -0.05) is 41.4 Å². The number of halogens is 1. The minimum absolute atomic E-state index is 0.299. The molecule has 0 unspecified atom stereocenters. The molecule has 0 fully saturated rings. The van der Waals surface area contributed by atoms with Gasteiger partial charge >= 0.3 is 0 Å². The van der Waals surface area contributed by atoms with Crippen molar-refractivity contribution in [1.82, 2.24) is 0 Å². The van der Waals surface area contributed by atoms with Crippen LogP contribution in [0.3, 0.4) is 0 Å². The molecule has 0 amide bonds. The van der Waals surface area contributed by atoms with Crippen LogP contribution in [0.4, 0.5) is 0 Å². The summed E-state index contributed by atoms with van der Waals surface area (Å²) in [6.07, 6.45) is 0. The Morgan fingerprint density at radius 1 is 1.57 bits per heavy atom. The number of hydrogen-bond donors (Lipinski definition) is 0. The Balaban J connectivity index is 2.68. The van der Waals surface area contributed by atoms with Crippen LogP contribution in [-0.2, 0) is 0 Å². The van der Waals surface area contributed by atoms with E-state index in [2.05, 4.69) is 29.8 Å². The summed E-state index contributed by atoms with van der Waals surface area (Å²) in [5.74, 6) is 0. The molecule has 0 rings (SSSR count). The summed E-state index contributed by atoms with van der Waals surface area (Å²) in [4.78, 5) is 0. The van der Waals surface area contributed by atoms with Crippen molar-refractivity contribution in [2.24, 2.45) is 0 Å². The fraction of sp³-hybridized carbons (Fsp3) is 1.00. The van der Waals surface area contributed by atoms with Crippen LogP contribution in [0.2, 0.25) is 11.6 Å². The van der Waals surface area contributed by atoms with E-state index in [9.17, 15) is 0 Å². The summed E-state index contributed by atoms with van der Waals surface area (Å²) in [5, 5.41) is 1.22. The van der Waals surface area contributed by atoms with Crippen molar-refractivity contribution in [3.05, 3.63) is 0 Å². The van der Waals surface area contributed by atoms with Crippen molar-refractivity contribution in [3.63, 3.8) is 0 Å². The van der Waals surface area contributed by atoms with E-state index < -0.39 is 0 Å². The van der Waals surface area contributed by atoms with Gasteiger partial charge in [0.2, 0.25) is 0 Å². The summed E-state index contributed by atoms with van der Waals surface area (Å²) in [7, 11) is 0.299. The maximum Gasteiger partial charge on any atom is 0.0233 e. The number of hydrogen-bond acceptors (Lipinski definition) is 0. The van der Waals surface area contributed by atoms with E-state index in [4.69, 9.17) is 0 Å². The molecule has 0 aromatic carbocycles. The Kier molecular flexibility index (Phi) is 5.33. The van der Waals surface area contributed by atoms with Gasteiger partial charge in [-0.2, -0.15) is 0 Å². The van der Waals surface area contributed by atoms with Gasteiger partial charge in [-0.25, -0.2) is 0 Å². The highest BCUT2D eigenvalue weighted by atomic mass is 79.9. The highest BCUT2D eigenvalue weighted by molar-refractivity contribution is 9.09. The van der Waals surface area contributed by atoms with Gasteiger partial charge in [0.1, 0.15) is 0 Å². The first kappa shape index (κ1) is 7.70. The summed E-state index contributed by atoms with van der Waals surface area (Å²) >= 11 is 3.41. The first-order valence-electron chi connectivity index (χ1n) is 2.83. The monoisotopic (exact) mass is 180 g/mol. The Hall–Kier alpha value is 0.697. The normalized spacial score (nSPS) is 12.0. The predicted molar refractivity (Wildman–Crippen MR) is 42.2 cm³/mol. The van der Waals surface area contributed by atoms with Gasteiger partial charge in [0.25, 0.3) is 0 Å². The van der Waals surface area contributed by atoms with E-state index in [1.807, 2.05) is 0 Å². The quantitative estimate of drug-likeness (QED) is 0.460. The van der Waals surface area contributed by atoms with Crippen molar-refractivity contribution in [1.29, 1.82) is 0 Å². The lowest BCUT2D eigenvalue weighted by atomic mass is 10.6. The SMILES string of the molecule is CC(C)[SiH2]CCBr. The molecule has 0 bridgehead atoms. The van der Waals surface area contributed by atoms with Crippen LogP contribution in [0, 0.1) is 0 Å². The zero-order valence-electron chi connectivity index (χ0n) is 5.08. The molecule has 44 valence electrons. The average Bonchev–Trinajstić information content (AvgIpc) is 1.61. The first-order valence-corrected chi connectivity index (χ1v) is 5.77. The minimum Gasteiger partial charge on any atom is -0.0931 e. The van der Waals surface area contributed by atoms with Crippen molar-refractivity contribution in [3.8, 4) is 0 Å². The molecule has 0 radical (unpaired) electrons. The second-order valence-corrected chi connectivity index (χ2v) is 5.94.